The summed E-state index contributed by atoms with van der Waals surface area (Å²) in [6, 6.07) is 1.62. The third-order valence-corrected chi connectivity index (χ3v) is 3.51. The molecule has 1 aliphatic rings. The fourth-order valence-electron chi connectivity index (χ4n) is 2.23. The monoisotopic (exact) mass is 323 g/mol. The molecule has 128 valence electrons. The van der Waals surface area contributed by atoms with Crippen molar-refractivity contribution in [1.82, 2.24) is 20.2 Å². The van der Waals surface area contributed by atoms with Crippen LogP contribution in [0.15, 0.2) is 12.3 Å². The molecule has 1 amide bonds. The summed E-state index contributed by atoms with van der Waals surface area (Å²) in [5.74, 6) is 0.280. The Kier molecular flexibility index (Phi) is 7.71. The molecule has 1 saturated heterocycles. The number of ether oxygens (including phenoxy) is 2. The Labute approximate surface area is 136 Å². The molecule has 0 aliphatic carbocycles. The Balaban J connectivity index is 1.72. The largest absolute Gasteiger partial charge is 0.385 e. The number of rotatable bonds is 9. The summed E-state index contributed by atoms with van der Waals surface area (Å²) in [6.45, 7) is 6.15. The summed E-state index contributed by atoms with van der Waals surface area (Å²) in [5.41, 5.74) is 0.371. The Morgan fingerprint density at radius 1 is 1.39 bits per heavy atom. The summed E-state index contributed by atoms with van der Waals surface area (Å²) in [7, 11) is 1.67. The molecular weight excluding hydrogens is 298 g/mol. The second kappa shape index (κ2) is 10.1. The van der Waals surface area contributed by atoms with E-state index in [1.807, 2.05) is 0 Å². The van der Waals surface area contributed by atoms with Gasteiger partial charge >= 0.3 is 0 Å². The van der Waals surface area contributed by atoms with Gasteiger partial charge in [-0.25, -0.2) is 9.97 Å². The van der Waals surface area contributed by atoms with E-state index in [1.165, 1.54) is 0 Å². The lowest BCUT2D eigenvalue weighted by molar-refractivity contribution is 0.0383. The first kappa shape index (κ1) is 17.6. The quantitative estimate of drug-likeness (QED) is 0.618. The van der Waals surface area contributed by atoms with E-state index in [0.717, 1.165) is 39.3 Å². The first-order valence-corrected chi connectivity index (χ1v) is 7.94. The van der Waals surface area contributed by atoms with Gasteiger partial charge in [-0.3, -0.25) is 9.69 Å². The topological polar surface area (TPSA) is 88.6 Å². The number of methoxy groups -OCH3 is 1. The van der Waals surface area contributed by atoms with Gasteiger partial charge in [-0.1, -0.05) is 0 Å². The second-order valence-corrected chi connectivity index (χ2v) is 5.25. The van der Waals surface area contributed by atoms with E-state index in [2.05, 4.69) is 25.5 Å². The van der Waals surface area contributed by atoms with E-state index in [9.17, 15) is 4.79 Å². The summed E-state index contributed by atoms with van der Waals surface area (Å²) in [5, 5.41) is 5.97. The molecule has 0 spiro atoms. The van der Waals surface area contributed by atoms with Crippen molar-refractivity contribution in [2.75, 3.05) is 65.0 Å². The molecule has 0 bridgehead atoms. The maximum absolute atomic E-state index is 12.1. The maximum atomic E-state index is 12.1. The molecule has 0 atom stereocenters. The number of carbonyl (C=O) groups is 1. The highest BCUT2D eigenvalue weighted by Gasteiger charge is 2.12. The number of anilines is 1. The number of nitrogens with one attached hydrogen (secondary N) is 2. The van der Waals surface area contributed by atoms with Gasteiger partial charge in [-0.2, -0.15) is 0 Å². The number of nitrogens with zero attached hydrogens (tertiary/aromatic N) is 3. The third-order valence-electron chi connectivity index (χ3n) is 3.51. The zero-order chi connectivity index (χ0) is 16.3. The normalized spacial score (nSPS) is 15.3. The van der Waals surface area contributed by atoms with Gasteiger partial charge in [0.15, 0.2) is 0 Å². The van der Waals surface area contributed by atoms with Crippen LogP contribution in [0.2, 0.25) is 0 Å². The molecule has 2 heterocycles. The van der Waals surface area contributed by atoms with Crippen molar-refractivity contribution in [3.05, 3.63) is 18.0 Å². The maximum Gasteiger partial charge on any atom is 0.270 e. The molecule has 1 aromatic heterocycles. The van der Waals surface area contributed by atoms with Crippen molar-refractivity contribution in [3.8, 4) is 0 Å². The van der Waals surface area contributed by atoms with E-state index >= 15 is 0 Å². The number of hydrogen-bond acceptors (Lipinski definition) is 7. The van der Waals surface area contributed by atoms with Gasteiger partial charge in [0, 0.05) is 52.6 Å². The fraction of sp³-hybridized carbons (Fsp3) is 0.667. The molecule has 8 nitrogen and oxygen atoms in total. The summed E-state index contributed by atoms with van der Waals surface area (Å²) in [4.78, 5) is 22.7. The number of aromatic nitrogens is 2. The van der Waals surface area contributed by atoms with Crippen LogP contribution >= 0.6 is 0 Å². The van der Waals surface area contributed by atoms with Gasteiger partial charge in [0.25, 0.3) is 5.91 Å². The third kappa shape index (κ3) is 6.47. The van der Waals surface area contributed by atoms with Gasteiger partial charge in [0.1, 0.15) is 5.69 Å². The van der Waals surface area contributed by atoms with Crippen LogP contribution in [0.3, 0.4) is 0 Å². The summed E-state index contributed by atoms with van der Waals surface area (Å²) < 4.78 is 10.3. The fourth-order valence-corrected chi connectivity index (χ4v) is 2.23. The zero-order valence-corrected chi connectivity index (χ0v) is 13.6. The van der Waals surface area contributed by atoms with Crippen LogP contribution < -0.4 is 10.6 Å². The minimum Gasteiger partial charge on any atom is -0.385 e. The second-order valence-electron chi connectivity index (χ2n) is 5.25. The van der Waals surface area contributed by atoms with Crippen LogP contribution in [0, 0.1) is 0 Å². The van der Waals surface area contributed by atoms with Gasteiger partial charge in [-0.05, 0) is 12.5 Å². The molecule has 8 heteroatoms. The predicted octanol–water partition coefficient (Wildman–Crippen LogP) is -0.0130. The minimum absolute atomic E-state index is 0.180. The first-order chi connectivity index (χ1) is 11.3. The van der Waals surface area contributed by atoms with E-state index in [-0.39, 0.29) is 5.91 Å². The Morgan fingerprint density at radius 3 is 3.00 bits per heavy atom. The first-order valence-electron chi connectivity index (χ1n) is 7.94. The van der Waals surface area contributed by atoms with Crippen molar-refractivity contribution in [2.24, 2.45) is 0 Å². The summed E-state index contributed by atoms with van der Waals surface area (Å²) in [6.07, 6.45) is 2.44. The Bertz CT molecular complexity index is 480. The van der Waals surface area contributed by atoms with Crippen molar-refractivity contribution < 1.29 is 14.3 Å². The van der Waals surface area contributed by atoms with Gasteiger partial charge in [-0.15, -0.1) is 0 Å². The van der Waals surface area contributed by atoms with Crippen molar-refractivity contribution in [2.45, 2.75) is 6.42 Å². The predicted molar refractivity (Wildman–Crippen MR) is 86.6 cm³/mol. The molecule has 2 N–H and O–H groups in total. The minimum atomic E-state index is -0.180. The lowest BCUT2D eigenvalue weighted by atomic mass is 10.3. The smallest absolute Gasteiger partial charge is 0.270 e. The average Bonchev–Trinajstić information content (AvgIpc) is 2.60. The lowest BCUT2D eigenvalue weighted by Gasteiger charge is -2.26. The molecule has 1 aromatic rings. The van der Waals surface area contributed by atoms with Gasteiger partial charge in [0.2, 0.25) is 5.95 Å². The van der Waals surface area contributed by atoms with Crippen molar-refractivity contribution in [3.63, 3.8) is 0 Å². The summed E-state index contributed by atoms with van der Waals surface area (Å²) >= 11 is 0. The van der Waals surface area contributed by atoms with E-state index in [1.54, 1.807) is 19.4 Å². The Morgan fingerprint density at radius 2 is 2.22 bits per heavy atom. The molecule has 0 radical (unpaired) electrons. The van der Waals surface area contributed by atoms with Crippen molar-refractivity contribution in [1.29, 1.82) is 0 Å². The van der Waals surface area contributed by atoms with Crippen LogP contribution in [-0.4, -0.2) is 80.4 Å². The van der Waals surface area contributed by atoms with Gasteiger partial charge < -0.3 is 20.1 Å². The van der Waals surface area contributed by atoms with Crippen LogP contribution in [0.4, 0.5) is 5.95 Å². The number of hydrogen-bond donors (Lipinski definition) is 2. The molecule has 1 fully saturated rings. The molecular formula is C15H25N5O3. The van der Waals surface area contributed by atoms with E-state index < -0.39 is 0 Å². The molecule has 0 unspecified atom stereocenters. The van der Waals surface area contributed by atoms with Crippen molar-refractivity contribution >= 4 is 11.9 Å². The highest BCUT2D eigenvalue weighted by molar-refractivity contribution is 5.92. The highest BCUT2D eigenvalue weighted by Crippen LogP contribution is 2.01. The molecule has 1 aliphatic heterocycles. The molecule has 23 heavy (non-hydrogen) atoms. The standard InChI is InChI=1S/C15H25N5O3/c1-22-10-2-4-17-15-18-5-3-13(19-15)14(21)16-6-7-20-8-11-23-12-9-20/h3,5H,2,4,6-12H2,1H3,(H,16,21)(H,17,18,19). The number of carbonyl (C=O) groups excluding carboxylic acids is 1. The number of amides is 1. The molecule has 0 aromatic carbocycles. The molecule has 0 saturated carbocycles. The SMILES string of the molecule is COCCCNc1nccc(C(=O)NCCN2CCOCC2)n1. The number of morpholine rings is 1. The lowest BCUT2D eigenvalue weighted by Crippen LogP contribution is -2.41. The van der Waals surface area contributed by atoms with Crippen LogP contribution in [0.25, 0.3) is 0 Å². The average molecular weight is 323 g/mol. The Hall–Kier alpha value is -1.77. The zero-order valence-electron chi connectivity index (χ0n) is 13.6. The van der Waals surface area contributed by atoms with Crippen LogP contribution in [-0.2, 0) is 9.47 Å². The van der Waals surface area contributed by atoms with Crippen LogP contribution in [0.5, 0.6) is 0 Å². The molecule has 2 rings (SSSR count). The van der Waals surface area contributed by atoms with Gasteiger partial charge in [0.05, 0.1) is 13.2 Å². The van der Waals surface area contributed by atoms with Crippen LogP contribution in [0.1, 0.15) is 16.9 Å². The van der Waals surface area contributed by atoms with E-state index in [0.29, 0.717) is 31.3 Å². The highest BCUT2D eigenvalue weighted by atomic mass is 16.5. The van der Waals surface area contributed by atoms with E-state index in [4.69, 9.17) is 9.47 Å².